The van der Waals surface area contributed by atoms with Crippen LogP contribution in [0.5, 0.6) is 0 Å². The number of carbonyl (C=O) groups is 1. The molecule has 0 spiro atoms. The van der Waals surface area contributed by atoms with Gasteiger partial charge in [-0.1, -0.05) is 0 Å². The third-order valence-corrected chi connectivity index (χ3v) is 6.51. The number of hydrogen-bond acceptors (Lipinski definition) is 4. The summed E-state index contributed by atoms with van der Waals surface area (Å²) >= 11 is 0. The Bertz CT molecular complexity index is 430. The van der Waals surface area contributed by atoms with Crippen LogP contribution in [0.1, 0.15) is 33.1 Å². The van der Waals surface area contributed by atoms with Crippen LogP contribution in [0.15, 0.2) is 0 Å². The predicted molar refractivity (Wildman–Crippen MR) is 77.3 cm³/mol. The summed E-state index contributed by atoms with van der Waals surface area (Å²) in [5.74, 6) is 0.168. The van der Waals surface area contributed by atoms with E-state index >= 15 is 0 Å². The lowest BCUT2D eigenvalue weighted by atomic mass is 10.1. The fraction of sp³-hybridized carbons (Fsp3) is 0.917. The van der Waals surface area contributed by atoms with Crippen LogP contribution in [-0.2, 0) is 14.6 Å². The first-order valence-electron chi connectivity index (χ1n) is 6.55. The highest BCUT2D eigenvalue weighted by atomic mass is 35.5. The van der Waals surface area contributed by atoms with Crippen LogP contribution in [-0.4, -0.2) is 55.4 Å². The SMILES string of the molecule is CC1(C)CN(C(=O)CC2CCCN2)CCS1(=O)=O.Cl. The van der Waals surface area contributed by atoms with Gasteiger partial charge in [-0.2, -0.15) is 0 Å². The highest BCUT2D eigenvalue weighted by Gasteiger charge is 2.41. The molecule has 2 fully saturated rings. The van der Waals surface area contributed by atoms with Gasteiger partial charge in [0.05, 0.1) is 10.5 Å². The molecule has 0 aromatic heterocycles. The zero-order chi connectivity index (χ0) is 13.4. The normalized spacial score (nSPS) is 28.7. The zero-order valence-electron chi connectivity index (χ0n) is 11.5. The minimum Gasteiger partial charge on any atom is -0.340 e. The van der Waals surface area contributed by atoms with Gasteiger partial charge in [-0.05, 0) is 33.2 Å². The second-order valence-corrected chi connectivity index (χ2v) is 8.63. The number of carbonyl (C=O) groups excluding carboxylic acids is 1. The van der Waals surface area contributed by atoms with Gasteiger partial charge in [0.15, 0.2) is 9.84 Å². The van der Waals surface area contributed by atoms with Crippen LogP contribution in [0.4, 0.5) is 0 Å². The van der Waals surface area contributed by atoms with Crippen LogP contribution in [0.2, 0.25) is 0 Å². The maximum absolute atomic E-state index is 12.1. The van der Waals surface area contributed by atoms with Crippen LogP contribution >= 0.6 is 12.4 Å². The van der Waals surface area contributed by atoms with E-state index in [0.717, 1.165) is 19.4 Å². The highest BCUT2D eigenvalue weighted by Crippen LogP contribution is 2.24. The molecular weight excluding hydrogens is 288 g/mol. The summed E-state index contributed by atoms with van der Waals surface area (Å²) in [6, 6.07) is 0.277. The zero-order valence-corrected chi connectivity index (χ0v) is 13.1. The van der Waals surface area contributed by atoms with Crippen molar-refractivity contribution in [2.75, 3.05) is 25.4 Å². The lowest BCUT2D eigenvalue weighted by molar-refractivity contribution is -0.132. The molecule has 0 bridgehead atoms. The molecule has 1 N–H and O–H groups in total. The van der Waals surface area contributed by atoms with Crippen molar-refractivity contribution in [2.45, 2.75) is 43.9 Å². The lowest BCUT2D eigenvalue weighted by Gasteiger charge is -2.38. The Morgan fingerprint density at radius 1 is 1.42 bits per heavy atom. The molecule has 1 amide bonds. The van der Waals surface area contributed by atoms with E-state index in [0.29, 0.717) is 19.5 Å². The highest BCUT2D eigenvalue weighted by molar-refractivity contribution is 7.92. The summed E-state index contributed by atoms with van der Waals surface area (Å²) in [5.41, 5.74) is 0. The predicted octanol–water partition coefficient (Wildman–Crippen LogP) is 0.586. The third-order valence-electron chi connectivity index (χ3n) is 3.98. The fourth-order valence-electron chi connectivity index (χ4n) is 2.63. The average molecular weight is 311 g/mol. The molecule has 2 aliphatic heterocycles. The molecule has 2 heterocycles. The van der Waals surface area contributed by atoms with Crippen LogP contribution in [0, 0.1) is 0 Å². The quantitative estimate of drug-likeness (QED) is 0.810. The van der Waals surface area contributed by atoms with Gasteiger partial charge in [-0.15, -0.1) is 12.4 Å². The molecule has 2 aliphatic rings. The van der Waals surface area contributed by atoms with Crippen LogP contribution in [0.3, 0.4) is 0 Å². The van der Waals surface area contributed by atoms with Crippen molar-refractivity contribution in [3.05, 3.63) is 0 Å². The molecule has 112 valence electrons. The van der Waals surface area contributed by atoms with Gasteiger partial charge < -0.3 is 10.2 Å². The summed E-state index contributed by atoms with van der Waals surface area (Å²) in [4.78, 5) is 13.9. The molecule has 0 aromatic carbocycles. The molecule has 19 heavy (non-hydrogen) atoms. The lowest BCUT2D eigenvalue weighted by Crippen LogP contribution is -2.55. The number of rotatable bonds is 2. The Labute approximate surface area is 121 Å². The molecular formula is C12H23ClN2O3S. The van der Waals surface area contributed by atoms with Crippen LogP contribution < -0.4 is 5.32 Å². The summed E-state index contributed by atoms with van der Waals surface area (Å²) in [5, 5.41) is 3.30. The maximum Gasteiger partial charge on any atom is 0.224 e. The average Bonchev–Trinajstić information content (AvgIpc) is 2.74. The molecule has 0 aromatic rings. The first-order chi connectivity index (χ1) is 8.32. The van der Waals surface area contributed by atoms with Crippen molar-refractivity contribution in [1.82, 2.24) is 10.2 Å². The molecule has 2 saturated heterocycles. The van der Waals surface area contributed by atoms with Crippen molar-refractivity contribution >= 4 is 28.2 Å². The van der Waals surface area contributed by atoms with Crippen molar-refractivity contribution in [3.63, 3.8) is 0 Å². The van der Waals surface area contributed by atoms with Crippen LogP contribution in [0.25, 0.3) is 0 Å². The topological polar surface area (TPSA) is 66.5 Å². The van der Waals surface area contributed by atoms with Crippen molar-refractivity contribution in [3.8, 4) is 0 Å². The summed E-state index contributed by atoms with van der Waals surface area (Å²) in [6.07, 6.45) is 2.66. The number of amides is 1. The Kier molecular flexibility index (Phi) is 5.26. The number of hydrogen-bond donors (Lipinski definition) is 1. The minimum absolute atomic E-state index is 0. The van der Waals surface area contributed by atoms with E-state index in [1.54, 1.807) is 18.7 Å². The van der Waals surface area contributed by atoms with Crippen molar-refractivity contribution in [2.24, 2.45) is 0 Å². The summed E-state index contributed by atoms with van der Waals surface area (Å²) in [6.45, 7) is 5.06. The molecule has 5 nitrogen and oxygen atoms in total. The van der Waals surface area contributed by atoms with E-state index in [1.807, 2.05) is 0 Å². The van der Waals surface area contributed by atoms with Crippen molar-refractivity contribution < 1.29 is 13.2 Å². The molecule has 1 unspecified atom stereocenters. The van der Waals surface area contributed by atoms with E-state index in [1.165, 1.54) is 0 Å². The van der Waals surface area contributed by atoms with Gasteiger partial charge in [-0.3, -0.25) is 4.79 Å². The van der Waals surface area contributed by atoms with E-state index in [9.17, 15) is 13.2 Å². The second kappa shape index (κ2) is 5.97. The van der Waals surface area contributed by atoms with Crippen molar-refractivity contribution in [1.29, 1.82) is 0 Å². The van der Waals surface area contributed by atoms with E-state index in [4.69, 9.17) is 0 Å². The third kappa shape index (κ3) is 3.61. The number of sulfone groups is 1. The number of nitrogens with zero attached hydrogens (tertiary/aromatic N) is 1. The maximum atomic E-state index is 12.1. The summed E-state index contributed by atoms with van der Waals surface area (Å²) < 4.78 is 22.9. The molecule has 2 rings (SSSR count). The Balaban J connectivity index is 0.00000180. The Morgan fingerprint density at radius 3 is 2.63 bits per heavy atom. The first kappa shape index (κ1) is 16.7. The second-order valence-electron chi connectivity index (χ2n) is 5.89. The van der Waals surface area contributed by atoms with E-state index in [-0.39, 0.29) is 30.1 Å². The number of nitrogens with one attached hydrogen (secondary N) is 1. The number of halogens is 1. The van der Waals surface area contributed by atoms with Gasteiger partial charge in [-0.25, -0.2) is 8.42 Å². The van der Waals surface area contributed by atoms with Gasteiger partial charge in [0, 0.05) is 25.6 Å². The largest absolute Gasteiger partial charge is 0.340 e. The fourth-order valence-corrected chi connectivity index (χ4v) is 3.99. The van der Waals surface area contributed by atoms with Gasteiger partial charge in [0.2, 0.25) is 5.91 Å². The smallest absolute Gasteiger partial charge is 0.224 e. The first-order valence-corrected chi connectivity index (χ1v) is 8.20. The molecule has 0 radical (unpaired) electrons. The standard InChI is InChI=1S/C12H22N2O3S.ClH/c1-12(2)9-14(6-7-18(12,16)17)11(15)8-10-4-3-5-13-10;/h10,13H,3-9H2,1-2H3;1H. The monoisotopic (exact) mass is 310 g/mol. The van der Waals surface area contributed by atoms with E-state index < -0.39 is 14.6 Å². The van der Waals surface area contributed by atoms with E-state index in [2.05, 4.69) is 5.32 Å². The molecule has 7 heteroatoms. The minimum atomic E-state index is -3.06. The molecule has 0 aliphatic carbocycles. The van der Waals surface area contributed by atoms with Gasteiger partial charge >= 0.3 is 0 Å². The molecule has 1 atom stereocenters. The molecule has 0 saturated carbocycles. The summed E-state index contributed by atoms with van der Waals surface area (Å²) in [7, 11) is -3.06. The Morgan fingerprint density at radius 2 is 2.11 bits per heavy atom. The Hall–Kier alpha value is -0.330. The van der Waals surface area contributed by atoms with Gasteiger partial charge in [0.1, 0.15) is 0 Å². The van der Waals surface area contributed by atoms with Gasteiger partial charge in [0.25, 0.3) is 0 Å².